The molecule has 0 aromatic carbocycles. The van der Waals surface area contributed by atoms with Crippen molar-refractivity contribution in [1.29, 1.82) is 0 Å². The summed E-state index contributed by atoms with van der Waals surface area (Å²) in [6.07, 6.45) is 4.33. The Hall–Kier alpha value is -1.69. The quantitative estimate of drug-likeness (QED) is 0.726. The molecule has 0 atom stereocenters. The molecule has 2 rings (SSSR count). The fourth-order valence-electron chi connectivity index (χ4n) is 2.17. The van der Waals surface area contributed by atoms with Crippen LogP contribution in [0.4, 0.5) is 5.82 Å². The van der Waals surface area contributed by atoms with Crippen molar-refractivity contribution in [3.8, 4) is 0 Å². The number of amides is 1. The lowest BCUT2D eigenvalue weighted by Crippen LogP contribution is -2.31. The minimum Gasteiger partial charge on any atom is -0.385 e. The molecule has 1 heterocycles. The standard InChI is InChI=1S/C15H24N4O2/c1-3-9-16-13-5-4-12(18-19-13)14(20)17-11-15(6-7-15)8-10-21-2/h4-5H,3,6-11H2,1-2H3,(H,16,19)(H,17,20). The minimum absolute atomic E-state index is 0.159. The van der Waals surface area contributed by atoms with E-state index in [1.807, 2.05) is 0 Å². The predicted molar refractivity (Wildman–Crippen MR) is 81.3 cm³/mol. The van der Waals surface area contributed by atoms with Crippen LogP contribution < -0.4 is 10.6 Å². The van der Waals surface area contributed by atoms with Crippen molar-refractivity contribution in [3.63, 3.8) is 0 Å². The maximum atomic E-state index is 12.1. The van der Waals surface area contributed by atoms with Crippen LogP contribution in [-0.2, 0) is 4.74 Å². The number of ether oxygens (including phenoxy) is 1. The van der Waals surface area contributed by atoms with E-state index >= 15 is 0 Å². The number of rotatable bonds is 9. The number of hydrogen-bond donors (Lipinski definition) is 2. The number of anilines is 1. The maximum Gasteiger partial charge on any atom is 0.271 e. The minimum atomic E-state index is -0.159. The van der Waals surface area contributed by atoms with Crippen LogP contribution in [0.3, 0.4) is 0 Å². The van der Waals surface area contributed by atoms with Gasteiger partial charge < -0.3 is 15.4 Å². The van der Waals surface area contributed by atoms with E-state index in [0.717, 1.165) is 38.8 Å². The summed E-state index contributed by atoms with van der Waals surface area (Å²) in [7, 11) is 1.71. The van der Waals surface area contributed by atoms with Crippen molar-refractivity contribution in [2.24, 2.45) is 5.41 Å². The highest BCUT2D eigenvalue weighted by Crippen LogP contribution is 2.48. The van der Waals surface area contributed by atoms with Crippen LogP contribution in [0.5, 0.6) is 0 Å². The van der Waals surface area contributed by atoms with Gasteiger partial charge in [-0.1, -0.05) is 6.92 Å². The monoisotopic (exact) mass is 292 g/mol. The summed E-state index contributed by atoms with van der Waals surface area (Å²) < 4.78 is 5.11. The summed E-state index contributed by atoms with van der Waals surface area (Å²) in [5, 5.41) is 14.1. The lowest BCUT2D eigenvalue weighted by atomic mass is 10.0. The average Bonchev–Trinajstić information content (AvgIpc) is 3.29. The Bertz CT molecular complexity index is 457. The Kier molecular flexibility index (Phi) is 5.50. The lowest BCUT2D eigenvalue weighted by molar-refractivity contribution is 0.0932. The highest BCUT2D eigenvalue weighted by molar-refractivity contribution is 5.92. The Morgan fingerprint density at radius 2 is 2.19 bits per heavy atom. The van der Waals surface area contributed by atoms with Gasteiger partial charge in [0.25, 0.3) is 5.91 Å². The summed E-state index contributed by atoms with van der Waals surface area (Å²) in [6, 6.07) is 3.49. The molecule has 2 N–H and O–H groups in total. The molecule has 0 bridgehead atoms. The van der Waals surface area contributed by atoms with E-state index in [-0.39, 0.29) is 11.3 Å². The van der Waals surface area contributed by atoms with Crippen LogP contribution in [0.15, 0.2) is 12.1 Å². The van der Waals surface area contributed by atoms with Gasteiger partial charge in [-0.2, -0.15) is 0 Å². The molecule has 1 saturated carbocycles. The molecule has 0 spiro atoms. The fraction of sp³-hybridized carbons (Fsp3) is 0.667. The first-order valence-electron chi connectivity index (χ1n) is 7.54. The molecule has 1 aliphatic carbocycles. The molecule has 116 valence electrons. The van der Waals surface area contributed by atoms with E-state index in [1.54, 1.807) is 19.2 Å². The van der Waals surface area contributed by atoms with E-state index in [2.05, 4.69) is 27.8 Å². The third-order valence-corrected chi connectivity index (χ3v) is 3.87. The van der Waals surface area contributed by atoms with Crippen molar-refractivity contribution in [3.05, 3.63) is 17.8 Å². The van der Waals surface area contributed by atoms with Crippen LogP contribution in [0.2, 0.25) is 0 Å². The molecule has 1 aromatic rings. The van der Waals surface area contributed by atoms with Crippen molar-refractivity contribution < 1.29 is 9.53 Å². The molecule has 1 aromatic heterocycles. The van der Waals surface area contributed by atoms with Crippen molar-refractivity contribution in [2.45, 2.75) is 32.6 Å². The zero-order valence-electron chi connectivity index (χ0n) is 12.8. The molecule has 6 nitrogen and oxygen atoms in total. The van der Waals surface area contributed by atoms with Crippen LogP contribution in [0, 0.1) is 5.41 Å². The molecule has 0 aliphatic heterocycles. The normalized spacial score (nSPS) is 15.5. The van der Waals surface area contributed by atoms with Gasteiger partial charge in [-0.15, -0.1) is 10.2 Å². The molecule has 1 amide bonds. The molecule has 0 saturated heterocycles. The summed E-state index contributed by atoms with van der Waals surface area (Å²) in [5.74, 6) is 0.542. The second kappa shape index (κ2) is 7.36. The Labute approximate surface area is 125 Å². The molecular weight excluding hydrogens is 268 g/mol. The molecule has 0 unspecified atom stereocenters. The van der Waals surface area contributed by atoms with Gasteiger partial charge in [0, 0.05) is 26.8 Å². The zero-order chi connectivity index (χ0) is 15.1. The summed E-state index contributed by atoms with van der Waals surface area (Å²) in [5.41, 5.74) is 0.599. The first-order chi connectivity index (χ1) is 10.2. The number of aromatic nitrogens is 2. The first-order valence-corrected chi connectivity index (χ1v) is 7.54. The molecule has 1 fully saturated rings. The van der Waals surface area contributed by atoms with Gasteiger partial charge in [0.15, 0.2) is 5.69 Å². The Balaban J connectivity index is 1.80. The zero-order valence-corrected chi connectivity index (χ0v) is 12.8. The predicted octanol–water partition coefficient (Wildman–Crippen LogP) is 1.84. The Morgan fingerprint density at radius 1 is 1.38 bits per heavy atom. The van der Waals surface area contributed by atoms with Gasteiger partial charge in [-0.25, -0.2) is 0 Å². The van der Waals surface area contributed by atoms with Gasteiger partial charge in [0.2, 0.25) is 0 Å². The van der Waals surface area contributed by atoms with Crippen molar-refractivity contribution >= 4 is 11.7 Å². The molecule has 21 heavy (non-hydrogen) atoms. The first kappa shape index (κ1) is 15.7. The van der Waals surface area contributed by atoms with Crippen LogP contribution in [0.1, 0.15) is 43.1 Å². The summed E-state index contributed by atoms with van der Waals surface area (Å²) in [6.45, 7) is 4.36. The van der Waals surface area contributed by atoms with Crippen LogP contribution in [-0.4, -0.2) is 42.9 Å². The third kappa shape index (κ3) is 4.67. The average molecular weight is 292 g/mol. The third-order valence-electron chi connectivity index (χ3n) is 3.87. The second-order valence-corrected chi connectivity index (χ2v) is 5.66. The fourth-order valence-corrected chi connectivity index (χ4v) is 2.17. The molecular formula is C15H24N4O2. The summed E-state index contributed by atoms with van der Waals surface area (Å²) in [4.78, 5) is 12.1. The van der Waals surface area contributed by atoms with E-state index in [4.69, 9.17) is 4.74 Å². The van der Waals surface area contributed by atoms with E-state index < -0.39 is 0 Å². The highest BCUT2D eigenvalue weighted by Gasteiger charge is 2.42. The van der Waals surface area contributed by atoms with Crippen LogP contribution in [0.25, 0.3) is 0 Å². The van der Waals surface area contributed by atoms with E-state index in [9.17, 15) is 4.79 Å². The molecule has 1 aliphatic rings. The van der Waals surface area contributed by atoms with Crippen molar-refractivity contribution in [2.75, 3.05) is 32.1 Å². The van der Waals surface area contributed by atoms with Gasteiger partial charge in [-0.3, -0.25) is 4.79 Å². The number of carbonyl (C=O) groups is 1. The van der Waals surface area contributed by atoms with Crippen molar-refractivity contribution in [1.82, 2.24) is 15.5 Å². The van der Waals surface area contributed by atoms with Gasteiger partial charge in [-0.05, 0) is 43.2 Å². The van der Waals surface area contributed by atoms with Gasteiger partial charge in [0.05, 0.1) is 0 Å². The number of hydrogen-bond acceptors (Lipinski definition) is 5. The Morgan fingerprint density at radius 3 is 2.76 bits per heavy atom. The number of nitrogens with one attached hydrogen (secondary N) is 2. The smallest absolute Gasteiger partial charge is 0.271 e. The highest BCUT2D eigenvalue weighted by atomic mass is 16.5. The SMILES string of the molecule is CCCNc1ccc(C(=O)NCC2(CCOC)CC2)nn1. The number of methoxy groups -OCH3 is 1. The van der Waals surface area contributed by atoms with Gasteiger partial charge in [0.1, 0.15) is 5.82 Å². The number of nitrogens with zero attached hydrogens (tertiary/aromatic N) is 2. The topological polar surface area (TPSA) is 76.1 Å². The maximum absolute atomic E-state index is 12.1. The second-order valence-electron chi connectivity index (χ2n) is 5.66. The molecule has 0 radical (unpaired) electrons. The molecule has 6 heteroatoms. The summed E-state index contributed by atoms with van der Waals surface area (Å²) >= 11 is 0. The largest absolute Gasteiger partial charge is 0.385 e. The van der Waals surface area contributed by atoms with Gasteiger partial charge >= 0.3 is 0 Å². The van der Waals surface area contributed by atoms with E-state index in [0.29, 0.717) is 18.1 Å². The lowest BCUT2D eigenvalue weighted by Gasteiger charge is -2.15. The van der Waals surface area contributed by atoms with E-state index in [1.165, 1.54) is 0 Å². The van der Waals surface area contributed by atoms with Crippen LogP contribution >= 0.6 is 0 Å². The number of carbonyl (C=O) groups excluding carboxylic acids is 1.